The van der Waals surface area contributed by atoms with E-state index >= 15 is 0 Å². The number of hydrogen-bond acceptors (Lipinski definition) is 27. The minimum absolute atomic E-state index is 0.0508. The number of ether oxygens (including phenoxy) is 12. The van der Waals surface area contributed by atoms with Crippen molar-refractivity contribution in [2.45, 2.75) is 20.8 Å². The topological polar surface area (TPSA) is 353 Å². The van der Waals surface area contributed by atoms with E-state index in [4.69, 9.17) is 56.8 Å². The number of carbonyl (C=O) groups is 3. The van der Waals surface area contributed by atoms with Crippen LogP contribution in [0.3, 0.4) is 0 Å². The van der Waals surface area contributed by atoms with E-state index in [2.05, 4.69) is 45.2 Å². The van der Waals surface area contributed by atoms with Crippen molar-refractivity contribution in [1.29, 1.82) is 0 Å². The summed E-state index contributed by atoms with van der Waals surface area (Å²) >= 11 is 0. The van der Waals surface area contributed by atoms with Crippen LogP contribution >= 0.6 is 0 Å². The lowest BCUT2D eigenvalue weighted by Gasteiger charge is -2.09. The van der Waals surface area contributed by atoms with Crippen molar-refractivity contribution in [1.82, 2.24) is 59.2 Å². The highest BCUT2D eigenvalue weighted by molar-refractivity contribution is 5.90. The smallest absolute Gasteiger partial charge is 0.217 e. The predicted octanol–water partition coefficient (Wildman–Crippen LogP) is 1.89. The molecule has 0 atom stereocenters. The first kappa shape index (κ1) is 62.9. The van der Waals surface area contributed by atoms with Gasteiger partial charge in [-0.1, -0.05) is 0 Å². The molecule has 6 aromatic heterocycles. The van der Waals surface area contributed by atoms with Gasteiger partial charge in [0.15, 0.2) is 52.1 Å². The van der Waals surface area contributed by atoms with Crippen LogP contribution in [0.15, 0.2) is 55.8 Å². The Balaban J connectivity index is 0.000000252. The van der Waals surface area contributed by atoms with Gasteiger partial charge < -0.3 is 72.2 Å². The summed E-state index contributed by atoms with van der Waals surface area (Å²) in [7, 11) is 4.85. The van der Waals surface area contributed by atoms with E-state index < -0.39 is 0 Å². The molecule has 0 aliphatic heterocycles. The lowest BCUT2D eigenvalue weighted by Crippen LogP contribution is -2.12. The minimum Gasteiger partial charge on any atom is -0.504 e. The molecular weight excluding hydrogens is 1030 g/mol. The maximum Gasteiger partial charge on any atom is 0.217 e. The maximum absolute atomic E-state index is 11.2. The number of nitrogens with zero attached hydrogens (tertiary/aromatic N) is 12. The Morgan fingerprint density at radius 2 is 0.603 bits per heavy atom. The van der Waals surface area contributed by atoms with Gasteiger partial charge in [0, 0.05) is 60.3 Å². The lowest BCUT2D eigenvalue weighted by atomic mass is 10.4. The summed E-state index contributed by atoms with van der Waals surface area (Å²) in [6.07, 6.45) is 8.25. The zero-order valence-electron chi connectivity index (χ0n) is 44.3. The third-order valence-electron chi connectivity index (χ3n) is 9.44. The van der Waals surface area contributed by atoms with Crippen LogP contribution < -0.4 is 14.2 Å². The molecule has 0 bridgehead atoms. The number of aromatic hydroxyl groups is 3. The Labute approximate surface area is 448 Å². The zero-order chi connectivity index (χ0) is 56.3. The van der Waals surface area contributed by atoms with Gasteiger partial charge in [-0.15, -0.1) is 15.3 Å². The van der Waals surface area contributed by atoms with E-state index in [1.165, 1.54) is 90.6 Å². The quantitative estimate of drug-likeness (QED) is 0.0373. The van der Waals surface area contributed by atoms with Crippen molar-refractivity contribution >= 4 is 17.3 Å². The average molecular weight is 1100 g/mol. The van der Waals surface area contributed by atoms with Crippen LogP contribution in [0.25, 0.3) is 17.5 Å². The molecule has 0 fully saturated rings. The summed E-state index contributed by atoms with van der Waals surface area (Å²) < 4.78 is 66.5. The van der Waals surface area contributed by atoms with Crippen molar-refractivity contribution in [2.24, 2.45) is 0 Å². The Hall–Kier alpha value is -7.68. The Morgan fingerprint density at radius 3 is 0.808 bits per heavy atom. The van der Waals surface area contributed by atoms with Gasteiger partial charge in [-0.3, -0.25) is 14.4 Å². The zero-order valence-corrected chi connectivity index (χ0v) is 44.3. The highest BCUT2D eigenvalue weighted by Crippen LogP contribution is 2.26. The highest BCUT2D eigenvalue weighted by Gasteiger charge is 2.15. The standard InChI is InChI=1S/3C16H22N4O6/c3*1-12(21)15-18-11-20(19-15)16-14(22)9-13(10-17-16)26-8-7-25-6-5-24-4-3-23-2/h3*9-11,22H,3-8H2,1-2H3. The monoisotopic (exact) mass is 1100 g/mol. The molecule has 0 saturated carbocycles. The molecule has 426 valence electrons. The molecule has 0 aromatic carbocycles. The number of methoxy groups -OCH3 is 3. The van der Waals surface area contributed by atoms with E-state index in [-0.39, 0.29) is 69.5 Å². The van der Waals surface area contributed by atoms with Gasteiger partial charge in [0.1, 0.15) is 56.1 Å². The predicted molar refractivity (Wildman–Crippen MR) is 269 cm³/mol. The largest absolute Gasteiger partial charge is 0.504 e. The fourth-order valence-electron chi connectivity index (χ4n) is 5.68. The summed E-state index contributed by atoms with van der Waals surface area (Å²) in [5.74, 6) is 0.533. The fourth-order valence-corrected chi connectivity index (χ4v) is 5.68. The summed E-state index contributed by atoms with van der Waals surface area (Å²) in [5.41, 5.74) is 0. The molecule has 0 saturated heterocycles. The summed E-state index contributed by atoms with van der Waals surface area (Å²) in [5, 5.41) is 42.0. The molecule has 0 unspecified atom stereocenters. The van der Waals surface area contributed by atoms with E-state index in [1.54, 1.807) is 21.3 Å². The number of hydrogen-bond donors (Lipinski definition) is 3. The van der Waals surface area contributed by atoms with Crippen molar-refractivity contribution in [3.05, 3.63) is 73.2 Å². The first-order valence-electron chi connectivity index (χ1n) is 24.0. The number of rotatable bonds is 36. The Kier molecular flexibility index (Phi) is 29.3. The fraction of sp³-hybridized carbons (Fsp3) is 0.500. The lowest BCUT2D eigenvalue weighted by molar-refractivity contribution is 0.0179. The normalized spacial score (nSPS) is 10.8. The van der Waals surface area contributed by atoms with Crippen LogP contribution in [0, 0.1) is 0 Å². The second-order valence-electron chi connectivity index (χ2n) is 15.4. The molecule has 30 heteroatoms. The van der Waals surface area contributed by atoms with Gasteiger partial charge in [0.05, 0.1) is 118 Å². The van der Waals surface area contributed by atoms with Gasteiger partial charge in [-0.2, -0.15) is 14.0 Å². The van der Waals surface area contributed by atoms with Gasteiger partial charge in [0.25, 0.3) is 0 Å². The van der Waals surface area contributed by atoms with E-state index in [0.717, 1.165) is 0 Å². The molecule has 0 aliphatic carbocycles. The summed E-state index contributed by atoms with van der Waals surface area (Å²) in [4.78, 5) is 57.4. The van der Waals surface area contributed by atoms with Gasteiger partial charge in [-0.25, -0.2) is 29.9 Å². The van der Waals surface area contributed by atoms with Crippen molar-refractivity contribution in [2.75, 3.05) is 140 Å². The van der Waals surface area contributed by atoms with Gasteiger partial charge in [0.2, 0.25) is 17.5 Å². The van der Waals surface area contributed by atoms with Gasteiger partial charge in [-0.05, 0) is 0 Å². The molecule has 0 aliphatic rings. The van der Waals surface area contributed by atoms with Crippen LogP contribution in [0.4, 0.5) is 0 Å². The van der Waals surface area contributed by atoms with Crippen molar-refractivity contribution < 1.29 is 86.5 Å². The van der Waals surface area contributed by atoms with Crippen molar-refractivity contribution in [3.8, 4) is 52.0 Å². The van der Waals surface area contributed by atoms with Crippen LogP contribution in [-0.4, -0.2) is 232 Å². The second-order valence-corrected chi connectivity index (χ2v) is 15.4. The molecular formula is C48H66N12O18. The molecule has 3 N–H and O–H groups in total. The molecule has 6 heterocycles. The molecule has 6 aromatic rings. The van der Waals surface area contributed by atoms with Gasteiger partial charge >= 0.3 is 0 Å². The van der Waals surface area contributed by atoms with E-state index in [0.29, 0.717) is 136 Å². The number of carbonyl (C=O) groups excluding carboxylic acids is 3. The molecule has 6 rings (SSSR count). The highest BCUT2D eigenvalue weighted by atomic mass is 16.6. The number of Topliss-reactive ketones (excluding diaryl/α,β-unsaturated/α-hetero) is 3. The average Bonchev–Trinajstić information content (AvgIpc) is 4.28. The first-order valence-corrected chi connectivity index (χ1v) is 24.0. The Morgan fingerprint density at radius 1 is 0.372 bits per heavy atom. The number of pyridine rings is 3. The van der Waals surface area contributed by atoms with E-state index in [9.17, 15) is 29.7 Å². The van der Waals surface area contributed by atoms with Crippen LogP contribution in [-0.2, 0) is 42.6 Å². The molecule has 30 nitrogen and oxygen atoms in total. The SMILES string of the molecule is COCCOCCOCCOc1cnc(-n2cnc(C(C)=O)n2)c(O)c1.COCCOCCOCCOc1cnc(-n2cnc(C(C)=O)n2)c(O)c1.COCCOCCOCCOc1cnc(-n2cnc(C(C)=O)n2)c(O)c1. The third-order valence-corrected chi connectivity index (χ3v) is 9.44. The molecule has 0 amide bonds. The third kappa shape index (κ3) is 23.3. The summed E-state index contributed by atoms with van der Waals surface area (Å²) in [6, 6.07) is 4.22. The second kappa shape index (κ2) is 36.4. The van der Waals surface area contributed by atoms with Crippen LogP contribution in [0.2, 0.25) is 0 Å². The van der Waals surface area contributed by atoms with Crippen LogP contribution in [0.5, 0.6) is 34.5 Å². The summed E-state index contributed by atoms with van der Waals surface area (Å²) in [6.45, 7) is 12.2. The van der Waals surface area contributed by atoms with Crippen LogP contribution in [0.1, 0.15) is 52.6 Å². The first-order chi connectivity index (χ1) is 37.8. The Bertz CT molecular complexity index is 2400. The van der Waals surface area contributed by atoms with E-state index in [1.807, 2.05) is 0 Å². The number of aromatic nitrogens is 12. The molecule has 0 radical (unpaired) electrons. The van der Waals surface area contributed by atoms with Crippen molar-refractivity contribution in [3.63, 3.8) is 0 Å². The molecule has 78 heavy (non-hydrogen) atoms. The minimum atomic E-state index is -0.271. The molecule has 0 spiro atoms. The number of ketones is 3. The maximum atomic E-state index is 11.2.